The van der Waals surface area contributed by atoms with Crippen molar-refractivity contribution in [3.8, 4) is 11.1 Å². The monoisotopic (exact) mass is 459 g/mol. The van der Waals surface area contributed by atoms with E-state index < -0.39 is 11.3 Å². The molecule has 10 heteroatoms. The predicted molar refractivity (Wildman–Crippen MR) is 132 cm³/mol. The van der Waals surface area contributed by atoms with Crippen molar-refractivity contribution in [3.05, 3.63) is 60.3 Å². The van der Waals surface area contributed by atoms with E-state index in [4.69, 9.17) is 11.5 Å². The number of amides is 1. The van der Waals surface area contributed by atoms with Gasteiger partial charge in [-0.3, -0.25) is 4.79 Å². The lowest BCUT2D eigenvalue weighted by atomic mass is 9.63. The second-order valence-electron chi connectivity index (χ2n) is 8.66. The average molecular weight is 460 g/mol. The number of benzene rings is 1. The van der Waals surface area contributed by atoms with Crippen molar-refractivity contribution in [2.75, 3.05) is 38.2 Å². The van der Waals surface area contributed by atoms with Crippen LogP contribution in [0, 0.1) is 0 Å². The van der Waals surface area contributed by atoms with Crippen molar-refractivity contribution in [1.82, 2.24) is 24.8 Å². The number of aliphatic imine (C=N–C) groups is 1. The van der Waals surface area contributed by atoms with Crippen LogP contribution < -0.4 is 16.8 Å². The molecule has 2 aromatic heterocycles. The van der Waals surface area contributed by atoms with E-state index in [0.29, 0.717) is 11.7 Å². The number of rotatable bonds is 8. The third-order valence-corrected chi connectivity index (χ3v) is 6.10. The molecule has 0 aliphatic heterocycles. The molecule has 1 saturated carbocycles. The highest BCUT2D eigenvalue weighted by molar-refractivity contribution is 6.05. The van der Waals surface area contributed by atoms with Crippen molar-refractivity contribution < 1.29 is 4.79 Å². The normalized spacial score (nSPS) is 15.1. The number of nitrogens with two attached hydrogens (primary N) is 2. The standard InChI is InChI=1S/C24H29N9O/c1-33(2)11-10-27-20-15-28-19(14-29-20)21(34)32-22(25)24(8-3-9-24)18-6-4-16(5-7-18)17-12-30-23(26)31-13-17/h4-7,12-15H,3,8-11H2,1-2H3,(H,27,29)(H2,25,32,34)(H2,26,30,31). The predicted octanol–water partition coefficient (Wildman–Crippen LogP) is 2.11. The van der Waals surface area contributed by atoms with Gasteiger partial charge in [-0.2, -0.15) is 4.99 Å². The number of likely N-dealkylation sites (N-methyl/N-ethyl adjacent to an activating group) is 1. The first-order valence-electron chi connectivity index (χ1n) is 11.2. The fraction of sp³-hybridized carbons (Fsp3) is 0.333. The average Bonchev–Trinajstić information content (AvgIpc) is 2.79. The maximum Gasteiger partial charge on any atom is 0.298 e. The van der Waals surface area contributed by atoms with E-state index in [2.05, 4.69) is 35.1 Å². The van der Waals surface area contributed by atoms with Gasteiger partial charge in [0.15, 0.2) is 0 Å². The number of nitrogens with zero attached hydrogens (tertiary/aromatic N) is 6. The molecule has 1 amide bonds. The van der Waals surface area contributed by atoms with Crippen molar-refractivity contribution in [3.63, 3.8) is 0 Å². The van der Waals surface area contributed by atoms with Gasteiger partial charge in [0.25, 0.3) is 5.91 Å². The van der Waals surface area contributed by atoms with Gasteiger partial charge in [-0.25, -0.2) is 19.9 Å². The zero-order chi connectivity index (χ0) is 24.1. The van der Waals surface area contributed by atoms with Crippen LogP contribution in [0.25, 0.3) is 11.1 Å². The summed E-state index contributed by atoms with van der Waals surface area (Å²) in [6, 6.07) is 8.02. The molecule has 0 saturated heterocycles. The van der Waals surface area contributed by atoms with Crippen LogP contribution >= 0.6 is 0 Å². The molecule has 34 heavy (non-hydrogen) atoms. The van der Waals surface area contributed by atoms with Crippen LogP contribution in [-0.4, -0.2) is 63.8 Å². The van der Waals surface area contributed by atoms with Crippen LogP contribution in [0.2, 0.25) is 0 Å². The Bertz CT molecular complexity index is 1150. The number of nitrogens with one attached hydrogen (secondary N) is 1. The Kier molecular flexibility index (Phi) is 6.78. The summed E-state index contributed by atoms with van der Waals surface area (Å²) in [5.74, 6) is 0.661. The molecule has 0 bridgehead atoms. The number of hydrogen-bond acceptors (Lipinski definition) is 8. The molecule has 0 radical (unpaired) electrons. The smallest absolute Gasteiger partial charge is 0.298 e. The topological polar surface area (TPSA) is 148 Å². The number of aromatic nitrogens is 4. The lowest BCUT2D eigenvalue weighted by Gasteiger charge is -2.41. The maximum atomic E-state index is 12.7. The Balaban J connectivity index is 1.48. The molecule has 0 unspecified atom stereocenters. The van der Waals surface area contributed by atoms with E-state index in [-0.39, 0.29) is 11.6 Å². The van der Waals surface area contributed by atoms with Crippen LogP contribution in [0.1, 0.15) is 35.3 Å². The van der Waals surface area contributed by atoms with Gasteiger partial charge in [-0.15, -0.1) is 0 Å². The quantitative estimate of drug-likeness (QED) is 0.340. The largest absolute Gasteiger partial charge is 0.386 e. The number of amidine groups is 1. The van der Waals surface area contributed by atoms with Crippen molar-refractivity contribution in [1.29, 1.82) is 0 Å². The van der Waals surface area contributed by atoms with E-state index in [0.717, 1.165) is 49.0 Å². The summed E-state index contributed by atoms with van der Waals surface area (Å²) < 4.78 is 0. The summed E-state index contributed by atoms with van der Waals surface area (Å²) in [4.78, 5) is 35.6. The summed E-state index contributed by atoms with van der Waals surface area (Å²) >= 11 is 0. The second kappa shape index (κ2) is 9.92. The maximum absolute atomic E-state index is 12.7. The third-order valence-electron chi connectivity index (χ3n) is 6.10. The minimum Gasteiger partial charge on any atom is -0.386 e. The number of anilines is 2. The molecular weight excluding hydrogens is 430 g/mol. The van der Waals surface area contributed by atoms with E-state index in [1.807, 2.05) is 38.4 Å². The number of carbonyl (C=O) groups is 1. The van der Waals surface area contributed by atoms with Crippen LogP contribution in [-0.2, 0) is 5.41 Å². The summed E-state index contributed by atoms with van der Waals surface area (Å²) in [6.45, 7) is 1.59. The fourth-order valence-electron chi connectivity index (χ4n) is 3.90. The summed E-state index contributed by atoms with van der Waals surface area (Å²) in [5.41, 5.74) is 14.6. The molecule has 3 aromatic rings. The molecule has 1 aliphatic carbocycles. The molecule has 176 valence electrons. The number of nitrogen functional groups attached to an aromatic ring is 1. The van der Waals surface area contributed by atoms with Gasteiger partial charge in [-0.05, 0) is 38.1 Å². The van der Waals surface area contributed by atoms with Gasteiger partial charge in [-0.1, -0.05) is 30.7 Å². The highest BCUT2D eigenvalue weighted by Crippen LogP contribution is 2.44. The lowest BCUT2D eigenvalue weighted by molar-refractivity contribution is 0.0996. The van der Waals surface area contributed by atoms with Crippen molar-refractivity contribution in [2.24, 2.45) is 10.7 Å². The van der Waals surface area contributed by atoms with Crippen LogP contribution in [0.15, 0.2) is 54.0 Å². The SMILES string of the molecule is CN(C)CCNc1cnc(C(=O)N=C(N)C2(c3ccc(-c4cnc(N)nc4)cc3)CCC2)cn1. The Hall–Kier alpha value is -3.92. The van der Waals surface area contributed by atoms with Gasteiger partial charge < -0.3 is 21.7 Å². The first-order valence-corrected chi connectivity index (χ1v) is 11.2. The van der Waals surface area contributed by atoms with Gasteiger partial charge in [0, 0.05) is 31.0 Å². The first-order chi connectivity index (χ1) is 16.4. The first kappa shape index (κ1) is 23.2. The molecule has 2 heterocycles. The Labute approximate surface area is 198 Å². The zero-order valence-electron chi connectivity index (χ0n) is 19.4. The Morgan fingerprint density at radius 1 is 1.03 bits per heavy atom. The molecule has 10 nitrogen and oxygen atoms in total. The lowest BCUT2D eigenvalue weighted by Crippen LogP contribution is -2.47. The minimum absolute atomic E-state index is 0.161. The molecule has 0 atom stereocenters. The number of carbonyl (C=O) groups excluding carboxylic acids is 1. The summed E-state index contributed by atoms with van der Waals surface area (Å²) in [6.07, 6.45) is 9.03. The second-order valence-corrected chi connectivity index (χ2v) is 8.66. The third kappa shape index (κ3) is 5.01. The molecular formula is C24H29N9O. The van der Waals surface area contributed by atoms with E-state index >= 15 is 0 Å². The van der Waals surface area contributed by atoms with E-state index in [9.17, 15) is 4.79 Å². The molecule has 0 spiro atoms. The Morgan fingerprint density at radius 2 is 1.74 bits per heavy atom. The van der Waals surface area contributed by atoms with Gasteiger partial charge in [0.1, 0.15) is 17.3 Å². The van der Waals surface area contributed by atoms with Crippen LogP contribution in [0.4, 0.5) is 11.8 Å². The zero-order valence-corrected chi connectivity index (χ0v) is 19.4. The molecule has 1 aromatic carbocycles. The highest BCUT2D eigenvalue weighted by atomic mass is 16.1. The highest BCUT2D eigenvalue weighted by Gasteiger charge is 2.43. The van der Waals surface area contributed by atoms with Crippen LogP contribution in [0.3, 0.4) is 0 Å². The Morgan fingerprint density at radius 3 is 2.29 bits per heavy atom. The van der Waals surface area contributed by atoms with Crippen molar-refractivity contribution in [2.45, 2.75) is 24.7 Å². The molecule has 1 aliphatic rings. The fourth-order valence-corrected chi connectivity index (χ4v) is 3.90. The van der Waals surface area contributed by atoms with Crippen LogP contribution in [0.5, 0.6) is 0 Å². The van der Waals surface area contributed by atoms with E-state index in [1.165, 1.54) is 12.4 Å². The minimum atomic E-state index is -0.494. The number of hydrogen-bond donors (Lipinski definition) is 3. The van der Waals surface area contributed by atoms with Crippen molar-refractivity contribution >= 4 is 23.5 Å². The summed E-state index contributed by atoms with van der Waals surface area (Å²) in [5, 5.41) is 3.16. The van der Waals surface area contributed by atoms with Gasteiger partial charge in [0.05, 0.1) is 17.8 Å². The molecule has 5 N–H and O–H groups in total. The van der Waals surface area contributed by atoms with Gasteiger partial charge in [0.2, 0.25) is 5.95 Å². The summed E-state index contributed by atoms with van der Waals surface area (Å²) in [7, 11) is 3.99. The van der Waals surface area contributed by atoms with E-state index in [1.54, 1.807) is 12.4 Å². The van der Waals surface area contributed by atoms with Gasteiger partial charge >= 0.3 is 0 Å². The molecule has 4 rings (SSSR count). The molecule has 1 fully saturated rings.